The first kappa shape index (κ1) is 18.7. The summed E-state index contributed by atoms with van der Waals surface area (Å²) in [5.41, 5.74) is 2.00. The number of benzene rings is 2. The molecule has 3 aromatic rings. The number of aromatic nitrogens is 3. The quantitative estimate of drug-likeness (QED) is 0.249. The second-order valence-corrected chi connectivity index (χ2v) is 6.59. The summed E-state index contributed by atoms with van der Waals surface area (Å²) >= 11 is 1.52. The van der Waals surface area contributed by atoms with Gasteiger partial charge in [-0.15, -0.1) is 16.8 Å². The van der Waals surface area contributed by atoms with Crippen LogP contribution < -0.4 is 4.74 Å². The van der Waals surface area contributed by atoms with E-state index in [-0.39, 0.29) is 5.69 Å². The van der Waals surface area contributed by atoms with Gasteiger partial charge in [-0.1, -0.05) is 30.0 Å². The van der Waals surface area contributed by atoms with E-state index in [0.29, 0.717) is 12.3 Å². The van der Waals surface area contributed by atoms with Gasteiger partial charge in [0, 0.05) is 30.0 Å². The molecule has 0 saturated heterocycles. The Morgan fingerprint density at radius 1 is 1.19 bits per heavy atom. The van der Waals surface area contributed by atoms with Gasteiger partial charge in [0.1, 0.15) is 5.75 Å². The van der Waals surface area contributed by atoms with E-state index in [1.54, 1.807) is 25.3 Å². The molecule has 0 unspecified atom stereocenters. The minimum atomic E-state index is -0.404. The number of nitrogens with zero attached hydrogens (tertiary/aromatic N) is 4. The van der Waals surface area contributed by atoms with Crippen molar-refractivity contribution in [3.63, 3.8) is 0 Å². The summed E-state index contributed by atoms with van der Waals surface area (Å²) in [6.45, 7) is 4.39. The molecule has 8 heteroatoms. The SMILES string of the molecule is C=CCn1c(SCc2ccc([N+](=O)[O-])cc2)nnc1-c1ccc(OC)cc1. The zero-order valence-corrected chi connectivity index (χ0v) is 15.6. The van der Waals surface area contributed by atoms with Gasteiger partial charge in [0.15, 0.2) is 11.0 Å². The highest BCUT2D eigenvalue weighted by atomic mass is 32.2. The third-order valence-electron chi connectivity index (χ3n) is 3.89. The molecular formula is C19H18N4O3S. The van der Waals surface area contributed by atoms with E-state index in [9.17, 15) is 10.1 Å². The van der Waals surface area contributed by atoms with Gasteiger partial charge in [-0.25, -0.2) is 0 Å². The topological polar surface area (TPSA) is 83.1 Å². The number of ether oxygens (including phenoxy) is 1. The maximum absolute atomic E-state index is 10.7. The minimum Gasteiger partial charge on any atom is -0.497 e. The van der Waals surface area contributed by atoms with Crippen LogP contribution in [0.2, 0.25) is 0 Å². The summed E-state index contributed by atoms with van der Waals surface area (Å²) < 4.78 is 7.18. The highest BCUT2D eigenvalue weighted by Crippen LogP contribution is 2.28. The lowest BCUT2D eigenvalue weighted by Crippen LogP contribution is -2.00. The van der Waals surface area contributed by atoms with Gasteiger partial charge < -0.3 is 4.74 Å². The van der Waals surface area contributed by atoms with Gasteiger partial charge >= 0.3 is 0 Å². The van der Waals surface area contributed by atoms with Crippen molar-refractivity contribution in [2.75, 3.05) is 7.11 Å². The van der Waals surface area contributed by atoms with Crippen LogP contribution in [0, 0.1) is 10.1 Å². The zero-order chi connectivity index (χ0) is 19.2. The largest absolute Gasteiger partial charge is 0.497 e. The molecule has 2 aromatic carbocycles. The fourth-order valence-corrected chi connectivity index (χ4v) is 3.41. The molecule has 1 aromatic heterocycles. The van der Waals surface area contributed by atoms with Crippen LogP contribution in [0.1, 0.15) is 5.56 Å². The van der Waals surface area contributed by atoms with Crippen LogP contribution in [0.5, 0.6) is 5.75 Å². The normalized spacial score (nSPS) is 10.6. The van der Waals surface area contributed by atoms with Crippen LogP contribution >= 0.6 is 11.8 Å². The second-order valence-electron chi connectivity index (χ2n) is 5.65. The number of hydrogen-bond acceptors (Lipinski definition) is 6. The lowest BCUT2D eigenvalue weighted by molar-refractivity contribution is -0.384. The fraction of sp³-hybridized carbons (Fsp3) is 0.158. The standard InChI is InChI=1S/C19H18N4O3S/c1-3-12-22-18(15-6-10-17(26-2)11-7-15)20-21-19(22)27-13-14-4-8-16(9-5-14)23(24)25/h3-11H,1,12-13H2,2H3. The number of rotatable bonds is 8. The third kappa shape index (κ3) is 4.35. The first-order chi connectivity index (χ1) is 13.1. The van der Waals surface area contributed by atoms with Crippen LogP contribution in [0.3, 0.4) is 0 Å². The molecule has 0 atom stereocenters. The van der Waals surface area contributed by atoms with Gasteiger partial charge in [-0.05, 0) is 29.8 Å². The predicted molar refractivity (Wildman–Crippen MR) is 105 cm³/mol. The van der Waals surface area contributed by atoms with Crippen molar-refractivity contribution < 1.29 is 9.66 Å². The van der Waals surface area contributed by atoms with E-state index >= 15 is 0 Å². The Hall–Kier alpha value is -3.13. The Morgan fingerprint density at radius 2 is 1.89 bits per heavy atom. The van der Waals surface area contributed by atoms with E-state index in [4.69, 9.17) is 4.74 Å². The molecule has 0 aliphatic heterocycles. The minimum absolute atomic E-state index is 0.0837. The number of hydrogen-bond donors (Lipinski definition) is 0. The Bertz CT molecular complexity index is 937. The van der Waals surface area contributed by atoms with Crippen LogP contribution in [-0.4, -0.2) is 26.8 Å². The first-order valence-corrected chi connectivity index (χ1v) is 9.15. The highest BCUT2D eigenvalue weighted by Gasteiger charge is 2.14. The van der Waals surface area contributed by atoms with Gasteiger partial charge in [0.25, 0.3) is 5.69 Å². The summed E-state index contributed by atoms with van der Waals surface area (Å²) in [7, 11) is 1.63. The van der Waals surface area contributed by atoms with Crippen LogP contribution in [0.15, 0.2) is 66.3 Å². The molecule has 0 bridgehead atoms. The Kier molecular flexibility index (Phi) is 5.87. The molecular weight excluding hydrogens is 364 g/mol. The van der Waals surface area contributed by atoms with Crippen molar-refractivity contribution in [1.82, 2.24) is 14.8 Å². The molecule has 27 heavy (non-hydrogen) atoms. The van der Waals surface area contributed by atoms with E-state index in [2.05, 4.69) is 16.8 Å². The second kappa shape index (κ2) is 8.50. The lowest BCUT2D eigenvalue weighted by Gasteiger charge is -2.08. The zero-order valence-electron chi connectivity index (χ0n) is 14.7. The maximum Gasteiger partial charge on any atom is 0.269 e. The van der Waals surface area contributed by atoms with Gasteiger partial charge in [-0.3, -0.25) is 14.7 Å². The summed E-state index contributed by atoms with van der Waals surface area (Å²) in [5, 5.41) is 20.1. The van der Waals surface area contributed by atoms with E-state index in [1.807, 2.05) is 28.8 Å². The molecule has 1 heterocycles. The van der Waals surface area contributed by atoms with Gasteiger partial charge in [-0.2, -0.15) is 0 Å². The van der Waals surface area contributed by atoms with Gasteiger partial charge in [0.2, 0.25) is 0 Å². The molecule has 7 nitrogen and oxygen atoms in total. The van der Waals surface area contributed by atoms with E-state index in [1.165, 1.54) is 23.9 Å². The molecule has 0 aliphatic rings. The van der Waals surface area contributed by atoms with Crippen LogP contribution in [-0.2, 0) is 12.3 Å². The van der Waals surface area contributed by atoms with Crippen LogP contribution in [0.25, 0.3) is 11.4 Å². The Balaban J connectivity index is 1.79. The van der Waals surface area contributed by atoms with E-state index in [0.717, 1.165) is 27.9 Å². The Morgan fingerprint density at radius 3 is 2.48 bits per heavy atom. The van der Waals surface area contributed by atoms with Crippen molar-refractivity contribution in [3.8, 4) is 17.1 Å². The van der Waals surface area contributed by atoms with Crippen LogP contribution in [0.4, 0.5) is 5.69 Å². The average molecular weight is 382 g/mol. The number of nitro groups is 1. The monoisotopic (exact) mass is 382 g/mol. The molecule has 138 valence electrons. The average Bonchev–Trinajstić information content (AvgIpc) is 3.09. The summed E-state index contributed by atoms with van der Waals surface area (Å²) in [5.74, 6) is 2.17. The van der Waals surface area contributed by atoms with Crippen molar-refractivity contribution in [3.05, 3.63) is 76.9 Å². The number of methoxy groups -OCH3 is 1. The molecule has 0 fully saturated rings. The number of non-ortho nitro benzene ring substituents is 1. The molecule has 0 N–H and O–H groups in total. The highest BCUT2D eigenvalue weighted by molar-refractivity contribution is 7.98. The van der Waals surface area contributed by atoms with Crippen molar-refractivity contribution >= 4 is 17.4 Å². The molecule has 0 saturated carbocycles. The van der Waals surface area contributed by atoms with Crippen molar-refractivity contribution in [2.24, 2.45) is 0 Å². The smallest absolute Gasteiger partial charge is 0.269 e. The Labute approximate surface area is 160 Å². The van der Waals surface area contributed by atoms with E-state index < -0.39 is 4.92 Å². The number of thioether (sulfide) groups is 1. The first-order valence-electron chi connectivity index (χ1n) is 8.17. The summed E-state index contributed by atoms with van der Waals surface area (Å²) in [6.07, 6.45) is 1.80. The number of nitro benzene ring substituents is 1. The van der Waals surface area contributed by atoms with Crippen molar-refractivity contribution in [2.45, 2.75) is 17.5 Å². The number of allylic oxidation sites excluding steroid dienone is 1. The summed E-state index contributed by atoms with van der Waals surface area (Å²) in [4.78, 5) is 10.3. The van der Waals surface area contributed by atoms with Gasteiger partial charge in [0.05, 0.1) is 12.0 Å². The predicted octanol–water partition coefficient (Wildman–Crippen LogP) is 4.34. The molecule has 0 radical (unpaired) electrons. The lowest BCUT2D eigenvalue weighted by atomic mass is 10.2. The fourth-order valence-electron chi connectivity index (χ4n) is 2.50. The summed E-state index contributed by atoms with van der Waals surface area (Å²) in [6, 6.07) is 14.2. The third-order valence-corrected chi connectivity index (χ3v) is 4.93. The molecule has 0 spiro atoms. The molecule has 0 amide bonds. The molecule has 3 rings (SSSR count). The maximum atomic E-state index is 10.7. The van der Waals surface area contributed by atoms with Crippen molar-refractivity contribution in [1.29, 1.82) is 0 Å². The molecule has 0 aliphatic carbocycles.